The molecule has 0 bridgehead atoms. The smallest absolute Gasteiger partial charge is 0.394 e. The molecule has 1 aliphatic heterocycles. The standard InChI is InChI=1S/C45H70N5O13P/c1-31(2)24-38(47-45(57)40-17-13-20-50(40)43(55)18-21-62-23-22-61-5)41(53)26-35(25-36-28-46-30-49(36)19-12-7-6-9-14-34-15-10-8-11-16-34)44(56)48-39(29-51)42(54)27-37(32(3)52)33(4)63-64(58,59)60/h8,10-11,15-16,28,30-31,33,35,37-40,51H,6-7,9,12-14,17-27,29H2,1-5H3,(H,47,57)(H,48,56)(H2,58,59,60)/t33-,35-,37-,38+,39+,40+/m1/s1. The van der Waals surface area contributed by atoms with Gasteiger partial charge in [0.05, 0.1) is 63.2 Å². The molecule has 19 heteroatoms. The highest BCUT2D eigenvalue weighted by Gasteiger charge is 2.38. The number of phosphoric ester groups is 1. The number of imidazole rings is 1. The van der Waals surface area contributed by atoms with Gasteiger partial charge in [-0.15, -0.1) is 0 Å². The van der Waals surface area contributed by atoms with Crippen molar-refractivity contribution in [2.75, 3.05) is 40.1 Å². The molecule has 64 heavy (non-hydrogen) atoms. The van der Waals surface area contributed by atoms with E-state index in [1.807, 2.05) is 36.6 Å². The third-order valence-electron chi connectivity index (χ3n) is 11.4. The Morgan fingerprint density at radius 1 is 0.922 bits per heavy atom. The van der Waals surface area contributed by atoms with Crippen LogP contribution in [0.2, 0.25) is 0 Å². The van der Waals surface area contributed by atoms with Crippen molar-refractivity contribution in [3.8, 4) is 0 Å². The van der Waals surface area contributed by atoms with Crippen LogP contribution in [0.25, 0.3) is 0 Å². The van der Waals surface area contributed by atoms with E-state index in [1.165, 1.54) is 17.4 Å². The number of aliphatic hydroxyl groups excluding tert-OH is 1. The molecular formula is C45H70N5O13P. The van der Waals surface area contributed by atoms with E-state index in [-0.39, 0.29) is 44.1 Å². The predicted octanol–water partition coefficient (Wildman–Crippen LogP) is 3.52. The molecule has 0 radical (unpaired) electrons. The third-order valence-corrected chi connectivity index (χ3v) is 12.0. The summed E-state index contributed by atoms with van der Waals surface area (Å²) in [7, 11) is -3.47. The summed E-state index contributed by atoms with van der Waals surface area (Å²) in [5, 5.41) is 15.7. The van der Waals surface area contributed by atoms with E-state index in [2.05, 4.69) is 32.3 Å². The number of phosphoric acid groups is 1. The number of methoxy groups -OCH3 is 1. The number of ether oxygens (including phenoxy) is 2. The van der Waals surface area contributed by atoms with Gasteiger partial charge in [-0.3, -0.25) is 33.3 Å². The fourth-order valence-electron chi connectivity index (χ4n) is 7.93. The quantitative estimate of drug-likeness (QED) is 0.0521. The summed E-state index contributed by atoms with van der Waals surface area (Å²) in [4.78, 5) is 106. The fourth-order valence-corrected chi connectivity index (χ4v) is 8.51. The second-order valence-corrected chi connectivity index (χ2v) is 18.2. The SMILES string of the molecule is COCCOCCC(=O)N1CCC[C@H]1C(=O)N[C@@H](CC(C)C)C(=O)C[C@@H](Cc1cncn1CCCCCCc1ccccc1)C(=O)N[C@@H](CO)C(=O)C[C@H](C(C)=O)[C@@H](C)OP(=O)(O)O. The van der Waals surface area contributed by atoms with Crippen molar-refractivity contribution in [2.24, 2.45) is 17.8 Å². The molecule has 0 aliphatic carbocycles. The van der Waals surface area contributed by atoms with E-state index < -0.39 is 86.1 Å². The van der Waals surface area contributed by atoms with Gasteiger partial charge >= 0.3 is 7.82 Å². The number of ketones is 3. The minimum Gasteiger partial charge on any atom is -0.394 e. The number of nitrogens with one attached hydrogen (secondary N) is 2. The number of benzene rings is 1. The highest BCUT2D eigenvalue weighted by molar-refractivity contribution is 7.46. The first-order chi connectivity index (χ1) is 30.4. The fraction of sp³-hybridized carbons (Fsp3) is 0.667. The van der Waals surface area contributed by atoms with Crippen LogP contribution in [0.1, 0.15) is 103 Å². The molecule has 3 amide bonds. The lowest BCUT2D eigenvalue weighted by Gasteiger charge is -2.28. The highest BCUT2D eigenvalue weighted by atomic mass is 31.2. The van der Waals surface area contributed by atoms with Gasteiger partial charge in [-0.1, -0.05) is 57.0 Å². The molecule has 2 aromatic rings. The van der Waals surface area contributed by atoms with Gasteiger partial charge in [0.1, 0.15) is 17.9 Å². The number of unbranched alkanes of at least 4 members (excludes halogenated alkanes) is 3. The zero-order valence-electron chi connectivity index (χ0n) is 38.0. The van der Waals surface area contributed by atoms with E-state index in [4.69, 9.17) is 9.47 Å². The maximum absolute atomic E-state index is 14.3. The zero-order valence-corrected chi connectivity index (χ0v) is 38.9. The lowest BCUT2D eigenvalue weighted by Crippen LogP contribution is -2.52. The van der Waals surface area contributed by atoms with Crippen molar-refractivity contribution in [2.45, 2.75) is 136 Å². The molecule has 1 aromatic heterocycles. The molecule has 3 rings (SSSR count). The second kappa shape index (κ2) is 28.0. The van der Waals surface area contributed by atoms with E-state index in [1.54, 1.807) is 19.6 Å². The number of carbonyl (C=O) groups excluding carboxylic acids is 6. The summed E-state index contributed by atoms with van der Waals surface area (Å²) in [5.74, 6) is -5.75. The first kappa shape index (κ1) is 54.2. The molecule has 1 saturated heterocycles. The van der Waals surface area contributed by atoms with E-state index in [9.17, 15) is 48.2 Å². The van der Waals surface area contributed by atoms with Gasteiger partial charge in [-0.25, -0.2) is 9.55 Å². The maximum Gasteiger partial charge on any atom is 0.469 e. The first-order valence-electron chi connectivity index (χ1n) is 22.3. The Hall–Kier alpha value is -4.16. The van der Waals surface area contributed by atoms with Crippen LogP contribution in [0.4, 0.5) is 0 Å². The number of rotatable bonds is 32. The van der Waals surface area contributed by atoms with E-state index in [0.717, 1.165) is 39.0 Å². The number of aliphatic hydroxyl groups is 1. The van der Waals surface area contributed by atoms with Crippen molar-refractivity contribution in [1.82, 2.24) is 25.1 Å². The molecule has 0 saturated carbocycles. The summed E-state index contributed by atoms with van der Waals surface area (Å²) in [6.45, 7) is 7.15. The van der Waals surface area contributed by atoms with E-state index >= 15 is 0 Å². The Kier molecular flexibility index (Phi) is 23.7. The molecule has 18 nitrogen and oxygen atoms in total. The van der Waals surface area contributed by atoms with Crippen LogP contribution >= 0.6 is 7.82 Å². The Bertz CT molecular complexity index is 1840. The molecule has 0 unspecified atom stereocenters. The number of amides is 3. The molecule has 1 fully saturated rings. The largest absolute Gasteiger partial charge is 0.469 e. The van der Waals surface area contributed by atoms with Gasteiger partial charge < -0.3 is 44.5 Å². The highest BCUT2D eigenvalue weighted by Crippen LogP contribution is 2.39. The van der Waals surface area contributed by atoms with Crippen LogP contribution < -0.4 is 10.6 Å². The predicted molar refractivity (Wildman–Crippen MR) is 236 cm³/mol. The summed E-state index contributed by atoms with van der Waals surface area (Å²) in [5.41, 5.74) is 1.94. The Balaban J connectivity index is 1.80. The van der Waals surface area contributed by atoms with Crippen molar-refractivity contribution in [1.29, 1.82) is 0 Å². The summed E-state index contributed by atoms with van der Waals surface area (Å²) >= 11 is 0. The van der Waals surface area contributed by atoms with Crippen molar-refractivity contribution >= 4 is 42.9 Å². The first-order valence-corrected chi connectivity index (χ1v) is 23.9. The van der Waals surface area contributed by atoms with Gasteiger partial charge in [-0.2, -0.15) is 0 Å². The summed E-state index contributed by atoms with van der Waals surface area (Å²) in [6, 6.07) is 6.93. The Morgan fingerprint density at radius 3 is 2.28 bits per heavy atom. The van der Waals surface area contributed by atoms with Crippen LogP contribution in [0.3, 0.4) is 0 Å². The van der Waals surface area contributed by atoms with Gasteiger partial charge in [0.2, 0.25) is 17.7 Å². The topological polar surface area (TPSA) is 253 Å². The molecule has 2 heterocycles. The normalized spacial score (nSPS) is 16.5. The van der Waals surface area contributed by atoms with Crippen molar-refractivity contribution in [3.05, 3.63) is 54.1 Å². The minimum absolute atomic E-state index is 0.0147. The third kappa shape index (κ3) is 19.1. The van der Waals surface area contributed by atoms with Crippen LogP contribution in [0.5, 0.6) is 0 Å². The van der Waals surface area contributed by atoms with Crippen LogP contribution in [0, 0.1) is 17.8 Å². The van der Waals surface area contributed by atoms with E-state index in [0.29, 0.717) is 44.8 Å². The number of carbonyl (C=O) groups is 6. The average Bonchev–Trinajstić information content (AvgIpc) is 3.92. The maximum atomic E-state index is 14.3. The number of aryl methyl sites for hydroxylation is 2. The van der Waals surface area contributed by atoms with Crippen LogP contribution in [0.15, 0.2) is 42.9 Å². The zero-order chi connectivity index (χ0) is 47.2. The van der Waals surface area contributed by atoms with Gasteiger partial charge in [0, 0.05) is 51.4 Å². The average molecular weight is 920 g/mol. The monoisotopic (exact) mass is 919 g/mol. The molecule has 5 N–H and O–H groups in total. The lowest BCUT2D eigenvalue weighted by molar-refractivity contribution is -0.140. The number of Topliss-reactive ketones (excluding diaryl/α,β-unsaturated/α-hetero) is 3. The Morgan fingerprint density at radius 2 is 1.62 bits per heavy atom. The van der Waals surface area contributed by atoms with Crippen LogP contribution in [-0.4, -0.2) is 129 Å². The number of likely N-dealkylation sites (tertiary alicyclic amines) is 1. The molecule has 6 atom stereocenters. The molecule has 358 valence electrons. The van der Waals surface area contributed by atoms with Gasteiger partial charge in [0.25, 0.3) is 0 Å². The number of aromatic nitrogens is 2. The molecule has 0 spiro atoms. The second-order valence-electron chi connectivity index (χ2n) is 17.0. The number of hydrogen-bond donors (Lipinski definition) is 5. The van der Waals surface area contributed by atoms with Crippen molar-refractivity contribution < 1.29 is 62.2 Å². The molecule has 1 aliphatic rings. The number of nitrogens with zero attached hydrogens (tertiary/aromatic N) is 3. The summed E-state index contributed by atoms with van der Waals surface area (Å²) in [6.07, 6.45) is 7.10. The van der Waals surface area contributed by atoms with Gasteiger partial charge in [-0.05, 0) is 63.9 Å². The number of hydrogen-bond acceptors (Lipinski definition) is 12. The summed E-state index contributed by atoms with van der Waals surface area (Å²) < 4.78 is 28.5. The van der Waals surface area contributed by atoms with Gasteiger partial charge in [0.15, 0.2) is 11.6 Å². The van der Waals surface area contributed by atoms with Crippen molar-refractivity contribution in [3.63, 3.8) is 0 Å². The lowest BCUT2D eigenvalue weighted by atomic mass is 9.89. The molecular weight excluding hydrogens is 849 g/mol. The Labute approximate surface area is 376 Å². The minimum atomic E-state index is -5.02. The van der Waals surface area contributed by atoms with Crippen LogP contribution in [-0.2, 0) is 66.7 Å². The molecule has 1 aromatic carbocycles.